The lowest BCUT2D eigenvalue weighted by atomic mass is 9.80. The summed E-state index contributed by atoms with van der Waals surface area (Å²) in [5.74, 6) is 0.438. The first-order valence-corrected chi connectivity index (χ1v) is 21.5. The predicted octanol–water partition coefficient (Wildman–Crippen LogP) is 7.69. The molecular formula is C47H55N6O8P. The molecule has 0 saturated heterocycles. The fourth-order valence-corrected chi connectivity index (χ4v) is 8.63. The van der Waals surface area contributed by atoms with Crippen LogP contribution in [0.2, 0.25) is 0 Å². The van der Waals surface area contributed by atoms with Crippen LogP contribution in [0.15, 0.2) is 126 Å². The number of ether oxygens (including phenoxy) is 3. The molecule has 5 aromatic rings. The highest BCUT2D eigenvalue weighted by atomic mass is 31.2. The fourth-order valence-electron chi connectivity index (χ4n) is 6.90. The van der Waals surface area contributed by atoms with Crippen LogP contribution < -0.4 is 25.8 Å². The molecule has 3 atom stereocenters. The molecule has 2 N–H and O–H groups in total. The standard InChI is InChI=1S/C47H55N6O8P/c1-33(2)53(34(3)4)62(60-30-14-28-48)61-35(5)42(49-44(54)31-52-29-27-43(51-46(52)56)50-45(55)36-15-10-8-11-16-36)32-59-47(37-17-12-9-13-18-37,38-19-23-40(57-6)24-20-38)39-21-25-41(58-7)26-22-39/h8-13,15-27,29,33-35,42H,14,30-32H2,1-7H3,(H,49,54)(H,50,51,55,56)/t35-,42-,62?/m0/s1. The zero-order chi connectivity index (χ0) is 44.6. The molecule has 0 spiro atoms. The van der Waals surface area contributed by atoms with Gasteiger partial charge in [0.1, 0.15) is 29.5 Å². The number of hydrogen-bond donors (Lipinski definition) is 2. The van der Waals surface area contributed by atoms with Crippen molar-refractivity contribution in [1.82, 2.24) is 19.5 Å². The Morgan fingerprint density at radius 3 is 1.87 bits per heavy atom. The van der Waals surface area contributed by atoms with Gasteiger partial charge in [0, 0.05) is 23.8 Å². The molecule has 0 saturated carbocycles. The summed E-state index contributed by atoms with van der Waals surface area (Å²) < 4.78 is 34.5. The second kappa shape index (κ2) is 22.8. The van der Waals surface area contributed by atoms with E-state index < -0.39 is 43.8 Å². The smallest absolute Gasteiger partial charge is 0.349 e. The SMILES string of the molecule is COc1ccc(C(OC[C@H](NC(=O)Cn2ccc(NC(=O)c3ccccc3)nc2=O)[C@H](C)OP(OCCC#N)N(C(C)C)C(C)C)(c2ccccc2)c2ccc(OC)cc2)cc1. The summed E-state index contributed by atoms with van der Waals surface area (Å²) in [6.07, 6.45) is 0.850. The Hall–Kier alpha value is -5.94. The third-order valence-corrected chi connectivity index (χ3v) is 12.2. The minimum Gasteiger partial charge on any atom is -0.497 e. The Morgan fingerprint density at radius 1 is 0.806 bits per heavy atom. The van der Waals surface area contributed by atoms with Crippen molar-refractivity contribution >= 4 is 26.2 Å². The summed E-state index contributed by atoms with van der Waals surface area (Å²) in [5, 5.41) is 15.1. The molecule has 0 bridgehead atoms. The van der Waals surface area contributed by atoms with Gasteiger partial charge >= 0.3 is 5.69 Å². The molecule has 15 heteroatoms. The Kier molecular flexibility index (Phi) is 17.3. The van der Waals surface area contributed by atoms with Gasteiger partial charge < -0.3 is 33.9 Å². The lowest BCUT2D eigenvalue weighted by Crippen LogP contribution is -2.50. The van der Waals surface area contributed by atoms with Gasteiger partial charge in [0.2, 0.25) is 5.91 Å². The van der Waals surface area contributed by atoms with E-state index in [1.165, 1.54) is 12.3 Å². The van der Waals surface area contributed by atoms with Crippen LogP contribution in [-0.2, 0) is 30.7 Å². The van der Waals surface area contributed by atoms with Gasteiger partial charge in [-0.05, 0) is 93.8 Å². The maximum Gasteiger partial charge on any atom is 0.349 e. The van der Waals surface area contributed by atoms with E-state index in [1.54, 1.807) is 44.6 Å². The zero-order valence-electron chi connectivity index (χ0n) is 36.2. The molecule has 0 fully saturated rings. The highest BCUT2D eigenvalue weighted by Crippen LogP contribution is 2.48. The number of rotatable bonds is 22. The summed E-state index contributed by atoms with van der Waals surface area (Å²) in [6.45, 7) is 9.69. The van der Waals surface area contributed by atoms with Crippen LogP contribution in [0.4, 0.5) is 5.82 Å². The van der Waals surface area contributed by atoms with Crippen LogP contribution >= 0.6 is 8.53 Å². The number of nitrogens with zero attached hydrogens (tertiary/aromatic N) is 4. The third kappa shape index (κ3) is 12.1. The van der Waals surface area contributed by atoms with E-state index >= 15 is 0 Å². The van der Waals surface area contributed by atoms with E-state index in [-0.39, 0.29) is 44.1 Å². The molecule has 0 radical (unpaired) electrons. The fraction of sp³-hybridized carbons (Fsp3) is 0.340. The van der Waals surface area contributed by atoms with E-state index in [4.69, 9.17) is 23.3 Å². The van der Waals surface area contributed by atoms with Crippen LogP contribution in [0, 0.1) is 11.3 Å². The van der Waals surface area contributed by atoms with Crippen LogP contribution in [0.5, 0.6) is 11.5 Å². The number of benzene rings is 4. The molecule has 326 valence electrons. The minimum atomic E-state index is -1.73. The molecular weight excluding hydrogens is 808 g/mol. The van der Waals surface area contributed by atoms with Crippen molar-refractivity contribution in [2.24, 2.45) is 0 Å². The highest BCUT2D eigenvalue weighted by molar-refractivity contribution is 7.44. The number of carbonyl (C=O) groups excluding carboxylic acids is 2. The predicted molar refractivity (Wildman–Crippen MR) is 239 cm³/mol. The number of amides is 2. The van der Waals surface area contributed by atoms with Gasteiger partial charge in [-0.1, -0.05) is 72.8 Å². The van der Waals surface area contributed by atoms with Crippen molar-refractivity contribution in [2.75, 3.05) is 32.8 Å². The molecule has 14 nitrogen and oxygen atoms in total. The Labute approximate surface area is 364 Å². The molecule has 5 rings (SSSR count). The quantitative estimate of drug-likeness (QED) is 0.0398. The zero-order valence-corrected chi connectivity index (χ0v) is 37.1. The van der Waals surface area contributed by atoms with E-state index in [2.05, 4.69) is 26.4 Å². The topological polar surface area (TPSA) is 166 Å². The van der Waals surface area contributed by atoms with Crippen LogP contribution in [-0.4, -0.2) is 77.7 Å². The largest absolute Gasteiger partial charge is 0.497 e. The first-order chi connectivity index (χ1) is 29.9. The van der Waals surface area contributed by atoms with E-state index in [1.807, 2.05) is 113 Å². The number of nitrogens with one attached hydrogen (secondary N) is 2. The molecule has 1 unspecified atom stereocenters. The van der Waals surface area contributed by atoms with Gasteiger partial charge in [-0.25, -0.2) is 9.46 Å². The third-order valence-electron chi connectivity index (χ3n) is 9.95. The average molecular weight is 863 g/mol. The number of hydrogen-bond acceptors (Lipinski definition) is 11. The van der Waals surface area contributed by atoms with Crippen molar-refractivity contribution in [3.05, 3.63) is 154 Å². The molecule has 0 aliphatic heterocycles. The summed E-state index contributed by atoms with van der Waals surface area (Å²) in [4.78, 5) is 44.0. The van der Waals surface area contributed by atoms with Crippen molar-refractivity contribution in [1.29, 1.82) is 5.26 Å². The van der Waals surface area contributed by atoms with Crippen LogP contribution in [0.3, 0.4) is 0 Å². The number of carbonyl (C=O) groups is 2. The summed E-state index contributed by atoms with van der Waals surface area (Å²) in [5.41, 5.74) is 0.848. The highest BCUT2D eigenvalue weighted by Gasteiger charge is 2.40. The lowest BCUT2D eigenvalue weighted by Gasteiger charge is -2.40. The Balaban J connectivity index is 1.52. The van der Waals surface area contributed by atoms with Crippen molar-refractivity contribution < 1.29 is 32.8 Å². The van der Waals surface area contributed by atoms with Gasteiger partial charge in [0.25, 0.3) is 14.4 Å². The van der Waals surface area contributed by atoms with E-state index in [0.29, 0.717) is 17.1 Å². The number of nitriles is 1. The number of aromatic nitrogens is 2. The normalized spacial score (nSPS) is 13.0. The molecule has 0 aliphatic rings. The van der Waals surface area contributed by atoms with E-state index in [9.17, 15) is 19.6 Å². The van der Waals surface area contributed by atoms with Crippen molar-refractivity contribution in [3.63, 3.8) is 0 Å². The number of anilines is 1. The van der Waals surface area contributed by atoms with Gasteiger partial charge in [0.05, 0.1) is 52.1 Å². The minimum absolute atomic E-state index is 0.0235. The summed E-state index contributed by atoms with van der Waals surface area (Å²) in [6, 6.07) is 36.4. The van der Waals surface area contributed by atoms with Gasteiger partial charge in [-0.15, -0.1) is 0 Å². The molecule has 2 amide bonds. The monoisotopic (exact) mass is 862 g/mol. The Morgan fingerprint density at radius 2 is 1.35 bits per heavy atom. The maximum atomic E-state index is 14.1. The second-order valence-electron chi connectivity index (χ2n) is 14.9. The molecule has 1 aromatic heterocycles. The second-order valence-corrected chi connectivity index (χ2v) is 16.3. The maximum absolute atomic E-state index is 14.1. The molecule has 0 aliphatic carbocycles. The van der Waals surface area contributed by atoms with E-state index in [0.717, 1.165) is 21.3 Å². The van der Waals surface area contributed by atoms with Crippen molar-refractivity contribution in [3.8, 4) is 17.6 Å². The lowest BCUT2D eigenvalue weighted by molar-refractivity contribution is -0.124. The molecule has 4 aromatic carbocycles. The summed E-state index contributed by atoms with van der Waals surface area (Å²) >= 11 is 0. The van der Waals surface area contributed by atoms with Crippen LogP contribution in [0.25, 0.3) is 0 Å². The molecule has 62 heavy (non-hydrogen) atoms. The first-order valence-electron chi connectivity index (χ1n) is 20.4. The van der Waals surface area contributed by atoms with Crippen LogP contribution in [0.1, 0.15) is 68.1 Å². The Bertz CT molecular complexity index is 2230. The van der Waals surface area contributed by atoms with Gasteiger partial charge in [-0.2, -0.15) is 10.2 Å². The van der Waals surface area contributed by atoms with Gasteiger partial charge in [-0.3, -0.25) is 14.2 Å². The first kappa shape index (κ1) is 47.1. The van der Waals surface area contributed by atoms with Gasteiger partial charge in [0.15, 0.2) is 0 Å². The average Bonchev–Trinajstić information content (AvgIpc) is 3.27. The number of methoxy groups -OCH3 is 2. The summed E-state index contributed by atoms with van der Waals surface area (Å²) in [7, 11) is 1.49. The van der Waals surface area contributed by atoms with Crippen molar-refractivity contribution in [2.45, 2.75) is 77.4 Å². The molecule has 1 heterocycles.